The van der Waals surface area contributed by atoms with E-state index in [2.05, 4.69) is 9.97 Å². The number of amides is 1. The normalized spacial score (nSPS) is 16.7. The molecule has 2 heterocycles. The molecule has 1 aliphatic heterocycles. The summed E-state index contributed by atoms with van der Waals surface area (Å²) in [4.78, 5) is 34.1. The minimum atomic E-state index is -0.991. The largest absolute Gasteiger partial charge is 0.478 e. The highest BCUT2D eigenvalue weighted by Crippen LogP contribution is 2.28. The van der Waals surface area contributed by atoms with Gasteiger partial charge in [-0.05, 0) is 24.8 Å². The molecule has 1 aromatic heterocycles. The monoisotopic (exact) mass is 355 g/mol. The zero-order chi connectivity index (χ0) is 18.5. The van der Waals surface area contributed by atoms with Crippen LogP contribution in [0.25, 0.3) is 11.3 Å². The van der Waals surface area contributed by atoms with E-state index in [1.807, 2.05) is 0 Å². The lowest BCUT2D eigenvalue weighted by Gasteiger charge is -2.16. The predicted octanol–water partition coefficient (Wildman–Crippen LogP) is 1.88. The van der Waals surface area contributed by atoms with Gasteiger partial charge in [0.1, 0.15) is 6.61 Å². The first-order valence-electron chi connectivity index (χ1n) is 8.49. The Morgan fingerprint density at radius 2 is 2.04 bits per heavy atom. The third-order valence-corrected chi connectivity index (χ3v) is 4.58. The molecule has 0 spiro atoms. The topological polar surface area (TPSA) is 92.6 Å². The molecule has 1 saturated heterocycles. The summed E-state index contributed by atoms with van der Waals surface area (Å²) in [5.74, 6) is -0.733. The van der Waals surface area contributed by atoms with E-state index in [0.717, 1.165) is 12.1 Å². The van der Waals surface area contributed by atoms with Gasteiger partial charge in [0.2, 0.25) is 5.91 Å². The van der Waals surface area contributed by atoms with E-state index < -0.39 is 5.97 Å². The number of likely N-dealkylation sites (tertiary alicyclic amines) is 1. The molecule has 1 fully saturated rings. The number of methoxy groups -OCH3 is 1. The Balaban J connectivity index is 1.81. The summed E-state index contributed by atoms with van der Waals surface area (Å²) in [5, 5.41) is 9.44. The fraction of sp³-hybridized carbons (Fsp3) is 0.368. The van der Waals surface area contributed by atoms with Crippen LogP contribution in [-0.2, 0) is 16.0 Å². The first kappa shape index (κ1) is 18.0. The van der Waals surface area contributed by atoms with E-state index in [4.69, 9.17) is 4.74 Å². The maximum atomic E-state index is 12.0. The van der Waals surface area contributed by atoms with Gasteiger partial charge in [0.25, 0.3) is 0 Å². The third kappa shape index (κ3) is 3.88. The Bertz CT molecular complexity index is 809. The van der Waals surface area contributed by atoms with Gasteiger partial charge in [-0.3, -0.25) is 14.8 Å². The van der Waals surface area contributed by atoms with Gasteiger partial charge in [-0.1, -0.05) is 18.2 Å². The number of benzene rings is 1. The molecule has 136 valence electrons. The molecular formula is C19H21N3O4. The van der Waals surface area contributed by atoms with Crippen molar-refractivity contribution >= 4 is 11.9 Å². The zero-order valence-corrected chi connectivity index (χ0v) is 14.6. The lowest BCUT2D eigenvalue weighted by atomic mass is 9.96. The molecule has 1 amide bonds. The molecule has 3 rings (SSSR count). The quantitative estimate of drug-likeness (QED) is 0.850. The highest BCUT2D eigenvalue weighted by Gasteiger charge is 2.27. The van der Waals surface area contributed by atoms with Crippen LogP contribution in [0.3, 0.4) is 0 Å². The van der Waals surface area contributed by atoms with Crippen LogP contribution in [0.4, 0.5) is 0 Å². The maximum Gasteiger partial charge on any atom is 0.336 e. The predicted molar refractivity (Wildman–Crippen MR) is 94.7 cm³/mol. The number of ether oxygens (including phenoxy) is 1. The molecule has 1 aliphatic rings. The maximum absolute atomic E-state index is 12.0. The molecule has 2 aromatic rings. The van der Waals surface area contributed by atoms with Gasteiger partial charge in [0.15, 0.2) is 0 Å². The summed E-state index contributed by atoms with van der Waals surface area (Å²) >= 11 is 0. The minimum absolute atomic E-state index is 0.00871. The first-order chi connectivity index (χ1) is 12.6. The van der Waals surface area contributed by atoms with E-state index in [1.54, 1.807) is 41.6 Å². The third-order valence-electron chi connectivity index (χ3n) is 4.58. The molecule has 0 bridgehead atoms. The molecule has 1 aromatic carbocycles. The Morgan fingerprint density at radius 1 is 1.27 bits per heavy atom. The Hall–Kier alpha value is -2.80. The lowest BCUT2D eigenvalue weighted by molar-refractivity contribution is -0.134. The number of hydrogen-bond donors (Lipinski definition) is 1. The standard InChI is InChI=1S/C19H21N3O4/c1-26-12-17(23)22-9-6-13(11-22)10-16-18(21-8-7-20-16)14-4-2-3-5-15(14)19(24)25/h2-5,7-8,13H,6,9-12H2,1H3,(H,24,25)/t13-/m0/s1. The van der Waals surface area contributed by atoms with Gasteiger partial charge in [-0.15, -0.1) is 0 Å². The smallest absolute Gasteiger partial charge is 0.336 e. The number of carboxylic acid groups (broad SMARTS) is 1. The molecule has 7 heteroatoms. The molecule has 1 atom stereocenters. The summed E-state index contributed by atoms with van der Waals surface area (Å²) in [5.41, 5.74) is 2.12. The highest BCUT2D eigenvalue weighted by molar-refractivity contribution is 5.95. The van der Waals surface area contributed by atoms with E-state index in [1.165, 1.54) is 7.11 Å². The number of aromatic carboxylic acids is 1. The van der Waals surface area contributed by atoms with Crippen LogP contribution in [-0.4, -0.2) is 58.7 Å². The molecule has 0 radical (unpaired) electrons. The van der Waals surface area contributed by atoms with Gasteiger partial charge in [0, 0.05) is 38.2 Å². The van der Waals surface area contributed by atoms with E-state index in [-0.39, 0.29) is 24.0 Å². The van der Waals surface area contributed by atoms with E-state index >= 15 is 0 Å². The van der Waals surface area contributed by atoms with Crippen molar-refractivity contribution < 1.29 is 19.4 Å². The fourth-order valence-electron chi connectivity index (χ4n) is 3.33. The van der Waals surface area contributed by atoms with Crippen molar-refractivity contribution in [1.82, 2.24) is 14.9 Å². The van der Waals surface area contributed by atoms with Crippen molar-refractivity contribution in [2.45, 2.75) is 12.8 Å². The van der Waals surface area contributed by atoms with Crippen molar-refractivity contribution in [3.8, 4) is 11.3 Å². The molecule has 7 nitrogen and oxygen atoms in total. The van der Waals surface area contributed by atoms with Crippen LogP contribution >= 0.6 is 0 Å². The van der Waals surface area contributed by atoms with Gasteiger partial charge in [-0.2, -0.15) is 0 Å². The van der Waals surface area contributed by atoms with Crippen LogP contribution < -0.4 is 0 Å². The summed E-state index contributed by atoms with van der Waals surface area (Å²) in [6, 6.07) is 6.80. The summed E-state index contributed by atoms with van der Waals surface area (Å²) in [6.45, 7) is 1.45. The average Bonchev–Trinajstić information content (AvgIpc) is 3.11. The summed E-state index contributed by atoms with van der Waals surface area (Å²) in [6.07, 6.45) is 4.71. The van der Waals surface area contributed by atoms with Crippen molar-refractivity contribution in [3.63, 3.8) is 0 Å². The van der Waals surface area contributed by atoms with Crippen LogP contribution in [0.1, 0.15) is 22.5 Å². The molecule has 1 N–H and O–H groups in total. The average molecular weight is 355 g/mol. The minimum Gasteiger partial charge on any atom is -0.478 e. The van der Waals surface area contributed by atoms with Crippen molar-refractivity contribution in [1.29, 1.82) is 0 Å². The van der Waals surface area contributed by atoms with Crippen molar-refractivity contribution in [2.75, 3.05) is 26.8 Å². The number of aromatic nitrogens is 2. The van der Waals surface area contributed by atoms with Crippen LogP contribution in [0.5, 0.6) is 0 Å². The fourth-order valence-corrected chi connectivity index (χ4v) is 3.33. The van der Waals surface area contributed by atoms with Crippen LogP contribution in [0, 0.1) is 5.92 Å². The second-order valence-electron chi connectivity index (χ2n) is 6.33. The molecule has 0 saturated carbocycles. The number of rotatable bonds is 6. The van der Waals surface area contributed by atoms with Gasteiger partial charge < -0.3 is 14.7 Å². The first-order valence-corrected chi connectivity index (χ1v) is 8.49. The Morgan fingerprint density at radius 3 is 2.81 bits per heavy atom. The zero-order valence-electron chi connectivity index (χ0n) is 14.6. The van der Waals surface area contributed by atoms with Crippen LogP contribution in [0.2, 0.25) is 0 Å². The number of carbonyl (C=O) groups is 2. The summed E-state index contributed by atoms with van der Waals surface area (Å²) < 4.78 is 4.91. The second kappa shape index (κ2) is 8.05. The number of carbonyl (C=O) groups excluding carboxylic acids is 1. The van der Waals surface area contributed by atoms with Crippen molar-refractivity contribution in [2.24, 2.45) is 5.92 Å². The molecule has 0 aliphatic carbocycles. The molecule has 26 heavy (non-hydrogen) atoms. The second-order valence-corrected chi connectivity index (χ2v) is 6.33. The highest BCUT2D eigenvalue weighted by atomic mass is 16.5. The van der Waals surface area contributed by atoms with Crippen molar-refractivity contribution in [3.05, 3.63) is 47.9 Å². The van der Waals surface area contributed by atoms with Gasteiger partial charge >= 0.3 is 5.97 Å². The number of nitrogens with zero attached hydrogens (tertiary/aromatic N) is 3. The van der Waals surface area contributed by atoms with Crippen LogP contribution in [0.15, 0.2) is 36.7 Å². The number of carboxylic acids is 1. The van der Waals surface area contributed by atoms with Gasteiger partial charge in [-0.25, -0.2) is 4.79 Å². The molecular weight excluding hydrogens is 334 g/mol. The van der Waals surface area contributed by atoms with E-state index in [9.17, 15) is 14.7 Å². The molecule has 0 unspecified atom stereocenters. The van der Waals surface area contributed by atoms with E-state index in [0.29, 0.717) is 30.8 Å². The Kier molecular flexibility index (Phi) is 5.58. The Labute approximate surface area is 151 Å². The lowest BCUT2D eigenvalue weighted by Crippen LogP contribution is -2.31. The SMILES string of the molecule is COCC(=O)N1CC[C@@H](Cc2nccnc2-c2ccccc2C(=O)O)C1. The number of hydrogen-bond acceptors (Lipinski definition) is 5. The summed E-state index contributed by atoms with van der Waals surface area (Å²) in [7, 11) is 1.51. The van der Waals surface area contributed by atoms with Gasteiger partial charge in [0.05, 0.1) is 17.0 Å².